The van der Waals surface area contributed by atoms with Gasteiger partial charge in [-0.2, -0.15) is 0 Å². The van der Waals surface area contributed by atoms with E-state index < -0.39 is 4.92 Å². The summed E-state index contributed by atoms with van der Waals surface area (Å²) >= 11 is 7.16. The van der Waals surface area contributed by atoms with Gasteiger partial charge in [-0.15, -0.1) is 0 Å². The van der Waals surface area contributed by atoms with Gasteiger partial charge in [-0.25, -0.2) is 9.97 Å². The maximum Gasteiger partial charge on any atom is 0.283 e. The summed E-state index contributed by atoms with van der Waals surface area (Å²) < 4.78 is 1.78. The van der Waals surface area contributed by atoms with Crippen molar-refractivity contribution in [1.82, 2.24) is 24.8 Å². The average molecular weight is 545 g/mol. The molecule has 5 aromatic rings. The zero-order valence-corrected chi connectivity index (χ0v) is 21.7. The smallest absolute Gasteiger partial charge is 0.283 e. The van der Waals surface area contributed by atoms with Gasteiger partial charge >= 0.3 is 0 Å². The fraction of sp³-hybridized carbons (Fsp3) is 0.0741. The molecular formula is C27H21ClN6O3S. The number of imidazole rings is 2. The monoisotopic (exact) mass is 544 g/mol. The van der Waals surface area contributed by atoms with Crippen LogP contribution in [0.5, 0.6) is 0 Å². The normalized spacial score (nSPS) is 11.6. The van der Waals surface area contributed by atoms with Crippen LogP contribution in [0.4, 0.5) is 5.69 Å². The molecule has 0 aliphatic rings. The number of amides is 1. The molecule has 0 saturated carbocycles. The molecule has 0 atom stereocenters. The Morgan fingerprint density at radius 3 is 2.68 bits per heavy atom. The number of para-hydroxylation sites is 2. The van der Waals surface area contributed by atoms with Crippen molar-refractivity contribution in [3.05, 3.63) is 111 Å². The van der Waals surface area contributed by atoms with E-state index in [0.29, 0.717) is 32.0 Å². The van der Waals surface area contributed by atoms with Gasteiger partial charge in [-0.05, 0) is 59.3 Å². The van der Waals surface area contributed by atoms with E-state index in [4.69, 9.17) is 11.6 Å². The number of nitrogens with zero attached hydrogens (tertiary/aromatic N) is 4. The van der Waals surface area contributed by atoms with Crippen LogP contribution in [-0.4, -0.2) is 30.3 Å². The first-order chi connectivity index (χ1) is 18.4. The molecule has 0 saturated heterocycles. The molecule has 0 unspecified atom stereocenters. The molecule has 190 valence electrons. The highest BCUT2D eigenvalue weighted by Gasteiger charge is 2.20. The highest BCUT2D eigenvalue weighted by molar-refractivity contribution is 7.99. The van der Waals surface area contributed by atoms with Gasteiger partial charge in [0.15, 0.2) is 5.16 Å². The summed E-state index contributed by atoms with van der Waals surface area (Å²) in [6, 6.07) is 19.4. The fourth-order valence-electron chi connectivity index (χ4n) is 3.77. The summed E-state index contributed by atoms with van der Waals surface area (Å²) in [4.78, 5) is 37.3. The van der Waals surface area contributed by atoms with Crippen molar-refractivity contribution < 1.29 is 9.72 Å². The molecule has 0 aliphatic heterocycles. The zero-order chi connectivity index (χ0) is 26.6. The molecule has 0 bridgehead atoms. The van der Waals surface area contributed by atoms with Crippen molar-refractivity contribution in [2.75, 3.05) is 0 Å². The third-order valence-corrected chi connectivity index (χ3v) is 7.12. The number of rotatable bonds is 8. The van der Waals surface area contributed by atoms with E-state index in [1.807, 2.05) is 43.4 Å². The predicted molar refractivity (Wildman–Crippen MR) is 148 cm³/mol. The van der Waals surface area contributed by atoms with E-state index in [1.54, 1.807) is 47.3 Å². The highest BCUT2D eigenvalue weighted by atomic mass is 35.5. The average Bonchev–Trinajstić information content (AvgIpc) is 3.53. The molecule has 38 heavy (non-hydrogen) atoms. The molecule has 2 N–H and O–H groups in total. The minimum absolute atomic E-state index is 0.0859. The molecule has 0 radical (unpaired) electrons. The summed E-state index contributed by atoms with van der Waals surface area (Å²) in [7, 11) is 1.82. The summed E-state index contributed by atoms with van der Waals surface area (Å²) in [5, 5.41) is 16.1. The van der Waals surface area contributed by atoms with E-state index in [2.05, 4.69) is 20.3 Å². The Balaban J connectivity index is 1.51. The molecule has 5 rings (SSSR count). The van der Waals surface area contributed by atoms with E-state index >= 15 is 0 Å². The van der Waals surface area contributed by atoms with Crippen LogP contribution in [0.2, 0.25) is 5.02 Å². The van der Waals surface area contributed by atoms with Crippen LogP contribution in [0.25, 0.3) is 22.7 Å². The van der Waals surface area contributed by atoms with Crippen molar-refractivity contribution in [3.63, 3.8) is 0 Å². The van der Waals surface area contributed by atoms with Crippen LogP contribution < -0.4 is 5.32 Å². The Bertz CT molecular complexity index is 1640. The third kappa shape index (κ3) is 5.61. The topological polar surface area (TPSA) is 119 Å². The number of carbonyl (C=O) groups is 1. The standard InChI is InChI=1S/C27H21ClN6O3S/c1-33-13-12-29-27(33)38-24-11-8-18(15-23(24)34(36)37)14-20(25-31-21-4-2-3-5-22(21)32-25)26(35)30-16-17-6-9-19(28)10-7-17/h2-15H,16H2,1H3,(H,30,35)(H,31,32). The number of benzene rings is 3. The number of nitrogens with one attached hydrogen (secondary N) is 2. The van der Waals surface area contributed by atoms with Gasteiger partial charge in [-0.3, -0.25) is 14.9 Å². The maximum absolute atomic E-state index is 13.4. The maximum atomic E-state index is 13.4. The van der Waals surface area contributed by atoms with Crippen LogP contribution in [-0.2, 0) is 18.4 Å². The first-order valence-corrected chi connectivity index (χ1v) is 12.7. The summed E-state index contributed by atoms with van der Waals surface area (Å²) in [5.74, 6) is -0.0259. The predicted octanol–water partition coefficient (Wildman–Crippen LogP) is 5.87. The number of fused-ring (bicyclic) bond motifs is 1. The molecule has 9 nitrogen and oxygen atoms in total. The first-order valence-electron chi connectivity index (χ1n) is 11.5. The van der Waals surface area contributed by atoms with Crippen LogP contribution in [0.3, 0.4) is 0 Å². The fourth-order valence-corrected chi connectivity index (χ4v) is 4.79. The molecule has 2 heterocycles. The van der Waals surface area contributed by atoms with Gasteiger partial charge in [0.25, 0.3) is 11.6 Å². The van der Waals surface area contributed by atoms with Gasteiger partial charge < -0.3 is 14.9 Å². The summed E-state index contributed by atoms with van der Waals surface area (Å²) in [5.41, 5.74) is 2.99. The van der Waals surface area contributed by atoms with Crippen LogP contribution >= 0.6 is 23.4 Å². The number of nitro benzene ring substituents is 1. The molecule has 11 heteroatoms. The number of halogens is 1. The second kappa shape index (κ2) is 10.9. The lowest BCUT2D eigenvalue weighted by Crippen LogP contribution is -2.24. The van der Waals surface area contributed by atoms with Gasteiger partial charge in [0, 0.05) is 37.1 Å². The summed E-state index contributed by atoms with van der Waals surface area (Å²) in [6.07, 6.45) is 5.00. The van der Waals surface area contributed by atoms with Crippen molar-refractivity contribution >= 4 is 57.6 Å². The molecule has 0 spiro atoms. The third-order valence-electron chi connectivity index (χ3n) is 5.72. The van der Waals surface area contributed by atoms with Crippen molar-refractivity contribution in [2.24, 2.45) is 7.05 Å². The van der Waals surface area contributed by atoms with E-state index in [0.717, 1.165) is 11.1 Å². The Kier molecular flexibility index (Phi) is 7.25. The number of aryl methyl sites for hydroxylation is 1. The number of carbonyl (C=O) groups excluding carboxylic acids is 1. The van der Waals surface area contributed by atoms with Crippen LogP contribution in [0.15, 0.2) is 89.2 Å². The molecule has 0 fully saturated rings. The van der Waals surface area contributed by atoms with Gasteiger partial charge in [0.2, 0.25) is 0 Å². The Labute approximate surface area is 226 Å². The molecule has 0 aliphatic carbocycles. The van der Waals surface area contributed by atoms with Crippen LogP contribution in [0.1, 0.15) is 17.0 Å². The number of H-pyrrole nitrogens is 1. The molecular weight excluding hydrogens is 524 g/mol. The van der Waals surface area contributed by atoms with E-state index in [-0.39, 0.29) is 23.7 Å². The Morgan fingerprint density at radius 1 is 1.18 bits per heavy atom. The number of hydrogen-bond acceptors (Lipinski definition) is 6. The van der Waals surface area contributed by atoms with Crippen molar-refractivity contribution in [2.45, 2.75) is 16.6 Å². The largest absolute Gasteiger partial charge is 0.348 e. The van der Waals surface area contributed by atoms with E-state index in [1.165, 1.54) is 17.8 Å². The van der Waals surface area contributed by atoms with Gasteiger partial charge in [0.05, 0.1) is 26.4 Å². The lowest BCUT2D eigenvalue weighted by Gasteiger charge is -2.09. The number of nitro groups is 1. The first kappa shape index (κ1) is 25.2. The van der Waals surface area contributed by atoms with Crippen molar-refractivity contribution in [1.29, 1.82) is 0 Å². The quantitative estimate of drug-likeness (QED) is 0.143. The number of aromatic amines is 1. The lowest BCUT2D eigenvalue weighted by atomic mass is 10.1. The molecule has 3 aromatic carbocycles. The highest BCUT2D eigenvalue weighted by Crippen LogP contribution is 2.35. The Morgan fingerprint density at radius 2 is 1.97 bits per heavy atom. The van der Waals surface area contributed by atoms with Crippen molar-refractivity contribution in [3.8, 4) is 0 Å². The minimum atomic E-state index is -0.440. The second-order valence-electron chi connectivity index (χ2n) is 8.38. The summed E-state index contributed by atoms with van der Waals surface area (Å²) in [6.45, 7) is 0.271. The SMILES string of the molecule is Cn1ccnc1Sc1ccc(C=C(C(=O)NCc2ccc(Cl)cc2)c2nc3ccccc3[nH]2)cc1[N+](=O)[O-]. The molecule has 2 aromatic heterocycles. The second-order valence-corrected chi connectivity index (χ2v) is 9.82. The zero-order valence-electron chi connectivity index (χ0n) is 20.1. The van der Waals surface area contributed by atoms with Crippen LogP contribution in [0, 0.1) is 10.1 Å². The minimum Gasteiger partial charge on any atom is -0.348 e. The van der Waals surface area contributed by atoms with Gasteiger partial charge in [0.1, 0.15) is 5.82 Å². The van der Waals surface area contributed by atoms with E-state index in [9.17, 15) is 14.9 Å². The lowest BCUT2D eigenvalue weighted by molar-refractivity contribution is -0.387. The van der Waals surface area contributed by atoms with Gasteiger partial charge in [-0.1, -0.05) is 41.9 Å². The Hall–Kier alpha value is -4.41. The molecule has 1 amide bonds. The number of aromatic nitrogens is 4. The number of hydrogen-bond donors (Lipinski definition) is 2.